The molecule has 282 valence electrons. The first-order valence-corrected chi connectivity index (χ1v) is 20.6. The normalized spacial score (nSPS) is 11.3. The fourth-order valence-electron chi connectivity index (χ4n) is 9.14. The van der Waals surface area contributed by atoms with Crippen molar-refractivity contribution in [1.29, 1.82) is 0 Å². The van der Waals surface area contributed by atoms with Crippen LogP contribution in [0.1, 0.15) is 0 Å². The zero-order chi connectivity index (χ0) is 39.8. The predicted octanol–water partition coefficient (Wildman–Crippen LogP) is 16.1. The maximum absolute atomic E-state index is 2.47. The van der Waals surface area contributed by atoms with Crippen molar-refractivity contribution in [3.63, 3.8) is 0 Å². The van der Waals surface area contributed by atoms with Gasteiger partial charge in [0, 0.05) is 38.8 Å². The number of rotatable bonds is 8. The van der Waals surface area contributed by atoms with E-state index in [1.54, 1.807) is 0 Å². The van der Waals surface area contributed by atoms with Crippen LogP contribution in [0.3, 0.4) is 0 Å². The molecule has 0 spiro atoms. The van der Waals surface area contributed by atoms with Gasteiger partial charge >= 0.3 is 0 Å². The third-order valence-electron chi connectivity index (χ3n) is 11.8. The van der Waals surface area contributed by atoms with Crippen LogP contribution in [-0.4, -0.2) is 4.57 Å². The molecule has 0 fully saturated rings. The lowest BCUT2D eigenvalue weighted by Crippen LogP contribution is -2.12. The fraction of sp³-hybridized carbons (Fsp3) is 0. The zero-order valence-corrected chi connectivity index (χ0v) is 33.0. The molecule has 0 saturated carbocycles. The summed E-state index contributed by atoms with van der Waals surface area (Å²) >= 11 is 0. The van der Waals surface area contributed by atoms with Crippen molar-refractivity contribution in [1.82, 2.24) is 4.57 Å². The summed E-state index contributed by atoms with van der Waals surface area (Å²) in [6.45, 7) is 0. The van der Waals surface area contributed by atoms with Crippen LogP contribution in [0.4, 0.5) is 17.1 Å². The molecule has 0 aliphatic rings. The second-order valence-corrected chi connectivity index (χ2v) is 15.2. The molecule has 0 aliphatic carbocycles. The first kappa shape index (κ1) is 35.2. The molecule has 1 heterocycles. The van der Waals surface area contributed by atoms with Crippen LogP contribution in [0.25, 0.3) is 82.8 Å². The highest BCUT2D eigenvalue weighted by Gasteiger charge is 2.24. The topological polar surface area (TPSA) is 8.17 Å². The smallest absolute Gasteiger partial charge is 0.0620 e. The minimum Gasteiger partial charge on any atom is -0.309 e. The van der Waals surface area contributed by atoms with E-state index in [1.807, 2.05) is 0 Å². The van der Waals surface area contributed by atoms with Crippen LogP contribution in [0.2, 0.25) is 0 Å². The highest BCUT2D eigenvalue weighted by molar-refractivity contribution is 6.15. The summed E-state index contributed by atoms with van der Waals surface area (Å²) in [6, 6.07) is 87.9. The molecule has 11 rings (SSSR count). The maximum Gasteiger partial charge on any atom is 0.0620 e. The predicted molar refractivity (Wildman–Crippen MR) is 255 cm³/mol. The third kappa shape index (κ3) is 6.06. The van der Waals surface area contributed by atoms with Crippen LogP contribution in [0.5, 0.6) is 0 Å². The molecule has 0 N–H and O–H groups in total. The number of benzene rings is 10. The summed E-state index contributed by atoms with van der Waals surface area (Å²) in [6.07, 6.45) is 0. The Balaban J connectivity index is 1.19. The van der Waals surface area contributed by atoms with E-state index in [9.17, 15) is 0 Å². The van der Waals surface area contributed by atoms with Crippen molar-refractivity contribution in [2.24, 2.45) is 0 Å². The molecule has 2 heteroatoms. The van der Waals surface area contributed by atoms with Gasteiger partial charge in [0.15, 0.2) is 0 Å². The van der Waals surface area contributed by atoms with E-state index in [0.29, 0.717) is 0 Å². The molecule has 0 aliphatic heterocycles. The molecule has 10 aromatic carbocycles. The quantitative estimate of drug-likeness (QED) is 0.150. The number of hydrogen-bond acceptors (Lipinski definition) is 1. The van der Waals surface area contributed by atoms with E-state index in [4.69, 9.17) is 0 Å². The number of aromatic nitrogens is 1. The Morgan fingerprint density at radius 1 is 0.300 bits per heavy atom. The van der Waals surface area contributed by atoms with Gasteiger partial charge in [-0.15, -0.1) is 0 Å². The number of fused-ring (bicyclic) bond motifs is 4. The Labute approximate surface area is 350 Å². The standard InChI is InChI=1S/C58H40N2/c1-4-19-41(20-5-1)42-37-39-46(40-38-42)59(54-34-13-10-27-48(54)51-31-17-24-44-23-16-30-47(57(44)51)43-21-6-2-7-22-43)55-35-14-11-28-49(55)52-32-18-33-53-50-29-12-15-36-56(50)60(58(52)53)45-25-8-3-9-26-45/h1-40H. The average molecular weight is 765 g/mol. The molecular weight excluding hydrogens is 725 g/mol. The van der Waals surface area contributed by atoms with Crippen molar-refractivity contribution in [3.8, 4) is 50.2 Å². The number of anilines is 3. The Hall–Kier alpha value is -7.94. The van der Waals surface area contributed by atoms with Crippen LogP contribution in [0.15, 0.2) is 243 Å². The van der Waals surface area contributed by atoms with Gasteiger partial charge in [0.2, 0.25) is 0 Å². The summed E-state index contributed by atoms with van der Waals surface area (Å²) in [5, 5.41) is 4.91. The summed E-state index contributed by atoms with van der Waals surface area (Å²) in [7, 11) is 0. The van der Waals surface area contributed by atoms with E-state index < -0.39 is 0 Å². The largest absolute Gasteiger partial charge is 0.309 e. The molecule has 11 aromatic rings. The Morgan fingerprint density at radius 2 is 0.783 bits per heavy atom. The fourth-order valence-corrected chi connectivity index (χ4v) is 9.14. The van der Waals surface area contributed by atoms with Crippen molar-refractivity contribution in [2.75, 3.05) is 4.90 Å². The van der Waals surface area contributed by atoms with Crippen molar-refractivity contribution in [3.05, 3.63) is 243 Å². The Morgan fingerprint density at radius 3 is 1.48 bits per heavy atom. The van der Waals surface area contributed by atoms with Crippen molar-refractivity contribution >= 4 is 49.6 Å². The SMILES string of the molecule is c1ccc(-c2ccc(N(c3ccccc3-c3cccc4cccc(-c5ccccc5)c34)c3ccccc3-c3cccc4c5ccccc5n(-c5ccccc5)c34)cc2)cc1. The first-order chi connectivity index (χ1) is 29.8. The molecule has 2 nitrogen and oxygen atoms in total. The van der Waals surface area contributed by atoms with Gasteiger partial charge in [-0.1, -0.05) is 200 Å². The first-order valence-electron chi connectivity index (χ1n) is 20.6. The lowest BCUT2D eigenvalue weighted by Gasteiger charge is -2.30. The zero-order valence-electron chi connectivity index (χ0n) is 33.0. The second-order valence-electron chi connectivity index (χ2n) is 15.2. The highest BCUT2D eigenvalue weighted by Crippen LogP contribution is 2.49. The highest BCUT2D eigenvalue weighted by atomic mass is 15.1. The molecule has 60 heavy (non-hydrogen) atoms. The van der Waals surface area contributed by atoms with Gasteiger partial charge in [-0.3, -0.25) is 0 Å². The number of para-hydroxylation sites is 5. The lowest BCUT2D eigenvalue weighted by atomic mass is 9.90. The molecule has 0 unspecified atom stereocenters. The molecule has 1 aromatic heterocycles. The monoisotopic (exact) mass is 764 g/mol. The number of nitrogens with zero attached hydrogens (tertiary/aromatic N) is 2. The molecule has 0 atom stereocenters. The summed E-state index contributed by atoms with van der Waals surface area (Å²) in [4.78, 5) is 2.47. The minimum absolute atomic E-state index is 1.08. The summed E-state index contributed by atoms with van der Waals surface area (Å²) in [5.74, 6) is 0. The van der Waals surface area contributed by atoms with Gasteiger partial charge in [-0.2, -0.15) is 0 Å². The van der Waals surface area contributed by atoms with Gasteiger partial charge in [0.05, 0.1) is 22.4 Å². The van der Waals surface area contributed by atoms with E-state index in [-0.39, 0.29) is 0 Å². The molecule has 0 radical (unpaired) electrons. The third-order valence-corrected chi connectivity index (χ3v) is 11.8. The summed E-state index contributed by atoms with van der Waals surface area (Å²) in [5.41, 5.74) is 16.2. The average Bonchev–Trinajstić information content (AvgIpc) is 3.67. The van der Waals surface area contributed by atoms with Crippen LogP contribution >= 0.6 is 0 Å². The molecule has 0 bridgehead atoms. The van der Waals surface area contributed by atoms with E-state index in [2.05, 4.69) is 252 Å². The summed E-state index contributed by atoms with van der Waals surface area (Å²) < 4.78 is 2.44. The maximum atomic E-state index is 2.47. The minimum atomic E-state index is 1.08. The van der Waals surface area contributed by atoms with Crippen LogP contribution in [-0.2, 0) is 0 Å². The van der Waals surface area contributed by atoms with Gasteiger partial charge in [-0.25, -0.2) is 0 Å². The van der Waals surface area contributed by atoms with Gasteiger partial charge in [0.25, 0.3) is 0 Å². The Bertz CT molecular complexity index is 3290. The van der Waals surface area contributed by atoms with Gasteiger partial charge in [-0.05, 0) is 81.1 Å². The van der Waals surface area contributed by atoms with E-state index in [0.717, 1.165) is 33.9 Å². The van der Waals surface area contributed by atoms with Crippen LogP contribution in [0, 0.1) is 0 Å². The van der Waals surface area contributed by atoms with E-state index in [1.165, 1.54) is 66.0 Å². The van der Waals surface area contributed by atoms with Gasteiger partial charge in [0.1, 0.15) is 0 Å². The second kappa shape index (κ2) is 15.1. The van der Waals surface area contributed by atoms with E-state index >= 15 is 0 Å². The molecule has 0 saturated heterocycles. The number of hydrogen-bond donors (Lipinski definition) is 0. The Kier molecular flexibility index (Phi) is 8.87. The lowest BCUT2D eigenvalue weighted by molar-refractivity contribution is 1.18. The van der Waals surface area contributed by atoms with Crippen molar-refractivity contribution < 1.29 is 0 Å². The molecule has 0 amide bonds. The van der Waals surface area contributed by atoms with Crippen LogP contribution < -0.4 is 4.90 Å². The van der Waals surface area contributed by atoms with Crippen molar-refractivity contribution in [2.45, 2.75) is 0 Å². The molecular formula is C58H40N2. The van der Waals surface area contributed by atoms with Gasteiger partial charge < -0.3 is 9.47 Å².